The average molecular weight is 351 g/mol. The van der Waals surface area contributed by atoms with Gasteiger partial charge in [-0.15, -0.1) is 0 Å². The highest BCUT2D eigenvalue weighted by atomic mass is 79.9. The van der Waals surface area contributed by atoms with E-state index in [0.29, 0.717) is 23.2 Å². The zero-order chi connectivity index (χ0) is 15.4. The molecule has 2 aromatic rings. The first-order chi connectivity index (χ1) is 10.0. The number of rotatable bonds is 4. The minimum absolute atomic E-state index is 0.0644. The molecule has 110 valence electrons. The van der Waals surface area contributed by atoms with E-state index in [4.69, 9.17) is 5.73 Å². The van der Waals surface area contributed by atoms with E-state index in [-0.39, 0.29) is 11.5 Å². The molecule has 0 bridgehead atoms. The Bertz CT molecular complexity index is 660. The highest BCUT2D eigenvalue weighted by Gasteiger charge is 2.19. The third kappa shape index (κ3) is 3.61. The molecule has 21 heavy (non-hydrogen) atoms. The standard InChI is InChI=1S/C16H16BrFN2O/c1-2-20(10-11-5-3-4-6-15(11)19)16(21)13-8-7-12(17)9-14(13)18/h3-9H,2,10,19H2,1H3. The van der Waals surface area contributed by atoms with Gasteiger partial charge in [0.25, 0.3) is 5.91 Å². The molecule has 0 saturated heterocycles. The Morgan fingerprint density at radius 1 is 1.29 bits per heavy atom. The maximum absolute atomic E-state index is 13.9. The summed E-state index contributed by atoms with van der Waals surface area (Å²) in [5.41, 5.74) is 7.44. The Kier molecular flexibility index (Phi) is 4.96. The van der Waals surface area contributed by atoms with E-state index >= 15 is 0 Å². The molecule has 0 aliphatic carbocycles. The Morgan fingerprint density at radius 3 is 2.62 bits per heavy atom. The van der Waals surface area contributed by atoms with Gasteiger partial charge in [-0.25, -0.2) is 4.39 Å². The van der Waals surface area contributed by atoms with E-state index in [9.17, 15) is 9.18 Å². The van der Waals surface area contributed by atoms with Crippen LogP contribution in [0.4, 0.5) is 10.1 Å². The fourth-order valence-electron chi connectivity index (χ4n) is 2.04. The lowest BCUT2D eigenvalue weighted by Crippen LogP contribution is -2.31. The number of carbonyl (C=O) groups is 1. The molecule has 0 unspecified atom stereocenters. The first-order valence-corrected chi connectivity index (χ1v) is 7.40. The van der Waals surface area contributed by atoms with Crippen molar-refractivity contribution in [1.29, 1.82) is 0 Å². The van der Waals surface area contributed by atoms with Crippen LogP contribution in [0.2, 0.25) is 0 Å². The van der Waals surface area contributed by atoms with Crippen molar-refractivity contribution in [1.82, 2.24) is 4.90 Å². The summed E-state index contributed by atoms with van der Waals surface area (Å²) in [6, 6.07) is 11.8. The highest BCUT2D eigenvalue weighted by molar-refractivity contribution is 9.10. The molecule has 3 nitrogen and oxygen atoms in total. The zero-order valence-corrected chi connectivity index (χ0v) is 13.2. The Balaban J connectivity index is 2.25. The lowest BCUT2D eigenvalue weighted by atomic mass is 10.1. The van der Waals surface area contributed by atoms with Crippen molar-refractivity contribution < 1.29 is 9.18 Å². The molecule has 0 atom stereocenters. The van der Waals surface area contributed by atoms with E-state index in [1.807, 2.05) is 25.1 Å². The number of nitrogens with two attached hydrogens (primary N) is 1. The van der Waals surface area contributed by atoms with Crippen molar-refractivity contribution in [2.24, 2.45) is 0 Å². The third-order valence-corrected chi connectivity index (χ3v) is 3.74. The summed E-state index contributed by atoms with van der Waals surface area (Å²) >= 11 is 3.18. The summed E-state index contributed by atoms with van der Waals surface area (Å²) in [4.78, 5) is 14.0. The van der Waals surface area contributed by atoms with E-state index < -0.39 is 5.82 Å². The Labute approximate surface area is 131 Å². The third-order valence-electron chi connectivity index (χ3n) is 3.25. The van der Waals surface area contributed by atoms with Gasteiger partial charge < -0.3 is 10.6 Å². The summed E-state index contributed by atoms with van der Waals surface area (Å²) in [7, 11) is 0. The molecular weight excluding hydrogens is 335 g/mol. The smallest absolute Gasteiger partial charge is 0.257 e. The molecule has 0 aliphatic heterocycles. The predicted octanol–water partition coefficient (Wildman–Crippen LogP) is 3.83. The van der Waals surface area contributed by atoms with Crippen molar-refractivity contribution >= 4 is 27.5 Å². The number of hydrogen-bond donors (Lipinski definition) is 1. The van der Waals surface area contributed by atoms with E-state index in [2.05, 4.69) is 15.9 Å². The summed E-state index contributed by atoms with van der Waals surface area (Å²) in [5, 5.41) is 0. The quantitative estimate of drug-likeness (QED) is 0.851. The largest absolute Gasteiger partial charge is 0.398 e. The van der Waals surface area contributed by atoms with Crippen LogP contribution in [0.5, 0.6) is 0 Å². The maximum atomic E-state index is 13.9. The number of halogens is 2. The lowest BCUT2D eigenvalue weighted by Gasteiger charge is -2.22. The number of para-hydroxylation sites is 1. The maximum Gasteiger partial charge on any atom is 0.257 e. The average Bonchev–Trinajstić information content (AvgIpc) is 2.46. The van der Waals surface area contributed by atoms with Crippen LogP contribution in [0.3, 0.4) is 0 Å². The Morgan fingerprint density at radius 2 is 2.00 bits per heavy atom. The molecule has 0 aliphatic rings. The molecule has 0 aromatic heterocycles. The van der Waals surface area contributed by atoms with Gasteiger partial charge in [0.1, 0.15) is 5.82 Å². The first-order valence-electron chi connectivity index (χ1n) is 6.60. The van der Waals surface area contributed by atoms with Gasteiger partial charge in [-0.1, -0.05) is 34.1 Å². The normalized spacial score (nSPS) is 10.4. The number of nitrogens with zero attached hydrogens (tertiary/aromatic N) is 1. The van der Waals surface area contributed by atoms with Crippen molar-refractivity contribution in [2.45, 2.75) is 13.5 Å². The van der Waals surface area contributed by atoms with Crippen molar-refractivity contribution in [3.05, 3.63) is 63.9 Å². The van der Waals surface area contributed by atoms with Crippen LogP contribution in [-0.2, 0) is 6.54 Å². The fraction of sp³-hybridized carbons (Fsp3) is 0.188. The van der Waals surface area contributed by atoms with Gasteiger partial charge in [0.05, 0.1) is 5.56 Å². The van der Waals surface area contributed by atoms with Crippen LogP contribution in [0.15, 0.2) is 46.9 Å². The SMILES string of the molecule is CCN(Cc1ccccc1N)C(=O)c1ccc(Br)cc1F. The van der Waals surface area contributed by atoms with Crippen LogP contribution in [-0.4, -0.2) is 17.4 Å². The van der Waals surface area contributed by atoms with Gasteiger partial charge in [-0.05, 0) is 36.8 Å². The fourth-order valence-corrected chi connectivity index (χ4v) is 2.38. The monoisotopic (exact) mass is 350 g/mol. The number of nitrogen functional groups attached to an aromatic ring is 1. The summed E-state index contributed by atoms with van der Waals surface area (Å²) in [5.74, 6) is -0.875. The van der Waals surface area contributed by atoms with Crippen LogP contribution < -0.4 is 5.73 Å². The second kappa shape index (κ2) is 6.72. The van der Waals surface area contributed by atoms with Gasteiger partial charge in [0.2, 0.25) is 0 Å². The van der Waals surface area contributed by atoms with Crippen LogP contribution in [0, 0.1) is 5.82 Å². The van der Waals surface area contributed by atoms with Gasteiger partial charge in [-0.3, -0.25) is 4.79 Å². The van der Waals surface area contributed by atoms with Crippen molar-refractivity contribution in [2.75, 3.05) is 12.3 Å². The second-order valence-corrected chi connectivity index (χ2v) is 5.56. The molecule has 5 heteroatoms. The summed E-state index contributed by atoms with van der Waals surface area (Å²) in [6.07, 6.45) is 0. The molecule has 0 spiro atoms. The molecule has 1 amide bonds. The van der Waals surface area contributed by atoms with Crippen LogP contribution in [0.1, 0.15) is 22.8 Å². The van der Waals surface area contributed by atoms with Crippen LogP contribution in [0.25, 0.3) is 0 Å². The topological polar surface area (TPSA) is 46.3 Å². The number of amides is 1. The number of hydrogen-bond acceptors (Lipinski definition) is 2. The lowest BCUT2D eigenvalue weighted by molar-refractivity contribution is 0.0748. The van der Waals surface area contributed by atoms with Crippen LogP contribution >= 0.6 is 15.9 Å². The molecule has 0 saturated carbocycles. The number of anilines is 1. The molecular formula is C16H16BrFN2O. The zero-order valence-electron chi connectivity index (χ0n) is 11.6. The van der Waals surface area contributed by atoms with E-state index in [1.54, 1.807) is 17.0 Å². The predicted molar refractivity (Wildman–Crippen MR) is 85.4 cm³/mol. The van der Waals surface area contributed by atoms with E-state index in [0.717, 1.165) is 5.56 Å². The minimum atomic E-state index is -0.533. The summed E-state index contributed by atoms with van der Waals surface area (Å²) in [6.45, 7) is 2.69. The van der Waals surface area contributed by atoms with Gasteiger partial charge in [0.15, 0.2) is 0 Å². The molecule has 2 N–H and O–H groups in total. The molecule has 0 heterocycles. The molecule has 0 fully saturated rings. The summed E-state index contributed by atoms with van der Waals surface area (Å²) < 4.78 is 14.5. The molecule has 2 aromatic carbocycles. The second-order valence-electron chi connectivity index (χ2n) is 4.64. The highest BCUT2D eigenvalue weighted by Crippen LogP contribution is 2.19. The van der Waals surface area contributed by atoms with Crippen molar-refractivity contribution in [3.63, 3.8) is 0 Å². The van der Waals surface area contributed by atoms with Gasteiger partial charge >= 0.3 is 0 Å². The van der Waals surface area contributed by atoms with Gasteiger partial charge in [-0.2, -0.15) is 0 Å². The molecule has 2 rings (SSSR count). The van der Waals surface area contributed by atoms with Gasteiger partial charge in [0, 0.05) is 23.2 Å². The minimum Gasteiger partial charge on any atom is -0.398 e. The Hall–Kier alpha value is -1.88. The number of carbonyl (C=O) groups excluding carboxylic acids is 1. The van der Waals surface area contributed by atoms with Crippen molar-refractivity contribution in [3.8, 4) is 0 Å². The number of benzene rings is 2. The van der Waals surface area contributed by atoms with E-state index in [1.165, 1.54) is 12.1 Å². The molecule has 0 radical (unpaired) electrons. The first kappa shape index (κ1) is 15.5.